The number of carbonyl (C=O) groups is 5. The third-order valence-corrected chi connectivity index (χ3v) is 9.35. The predicted molar refractivity (Wildman–Crippen MR) is 171 cm³/mol. The second-order valence-electron chi connectivity index (χ2n) is 12.4. The number of nitrogens with zero attached hydrogens (tertiary/aromatic N) is 2. The maximum absolute atomic E-state index is 14.1. The van der Waals surface area contributed by atoms with Crippen LogP contribution in [-0.4, -0.2) is 76.9 Å². The number of para-hydroxylation sites is 1. The highest BCUT2D eigenvalue weighted by Crippen LogP contribution is 2.24. The van der Waals surface area contributed by atoms with Crippen LogP contribution in [-0.2, 0) is 30.4 Å². The van der Waals surface area contributed by atoms with Gasteiger partial charge >= 0.3 is 0 Å². The van der Waals surface area contributed by atoms with Crippen LogP contribution in [0.2, 0.25) is 0 Å². The highest BCUT2D eigenvalue weighted by molar-refractivity contribution is 5.98. The molecule has 11 nitrogen and oxygen atoms in total. The summed E-state index contributed by atoms with van der Waals surface area (Å²) >= 11 is 0. The van der Waals surface area contributed by atoms with Gasteiger partial charge in [0.1, 0.15) is 37.1 Å². The van der Waals surface area contributed by atoms with E-state index >= 15 is 0 Å². The Bertz CT molecular complexity index is 1370. The van der Waals surface area contributed by atoms with Gasteiger partial charge in [-0.1, -0.05) is 58.2 Å². The first kappa shape index (κ1) is 34.0. The number of Topliss-reactive ketones (excluding diaryl/α,β-unsaturated/α-hetero) is 1. The molecule has 246 valence electrons. The molecular formula is C34H49N5O6. The van der Waals surface area contributed by atoms with Crippen molar-refractivity contribution in [2.45, 2.75) is 116 Å². The van der Waals surface area contributed by atoms with Crippen LogP contribution in [0.15, 0.2) is 30.5 Å². The fourth-order valence-corrected chi connectivity index (χ4v) is 6.40. The van der Waals surface area contributed by atoms with Crippen molar-refractivity contribution < 1.29 is 28.8 Å². The number of nitrogens with one attached hydrogen (secondary N) is 3. The molecule has 1 aromatic carbocycles. The summed E-state index contributed by atoms with van der Waals surface area (Å²) in [6, 6.07) is 4.20. The van der Waals surface area contributed by atoms with E-state index < -0.39 is 36.0 Å². The maximum atomic E-state index is 14.1. The number of piperidine rings is 1. The van der Waals surface area contributed by atoms with Crippen molar-refractivity contribution in [3.63, 3.8) is 0 Å². The lowest BCUT2D eigenvalue weighted by molar-refractivity contribution is -0.147. The van der Waals surface area contributed by atoms with Gasteiger partial charge in [0.15, 0.2) is 0 Å². The van der Waals surface area contributed by atoms with Crippen molar-refractivity contribution in [3.8, 4) is 0 Å². The molecule has 3 heterocycles. The monoisotopic (exact) mass is 623 g/mol. The number of fused-ring (bicyclic) bond motifs is 2. The molecule has 45 heavy (non-hydrogen) atoms. The van der Waals surface area contributed by atoms with E-state index in [1.807, 2.05) is 45.0 Å². The van der Waals surface area contributed by atoms with Gasteiger partial charge in [-0.25, -0.2) is 0 Å². The van der Waals surface area contributed by atoms with Crippen LogP contribution in [0, 0.1) is 5.92 Å². The first-order valence-corrected chi connectivity index (χ1v) is 16.5. The Labute approximate surface area is 265 Å². The fourth-order valence-electron chi connectivity index (χ4n) is 6.40. The Kier molecular flexibility index (Phi) is 12.0. The molecule has 11 heteroatoms. The Morgan fingerprint density at radius 1 is 0.956 bits per heavy atom. The largest absolute Gasteiger partial charge is 0.417 e. The zero-order valence-electron chi connectivity index (χ0n) is 27.1. The van der Waals surface area contributed by atoms with Gasteiger partial charge in [0.2, 0.25) is 23.6 Å². The Morgan fingerprint density at radius 3 is 2.44 bits per heavy atom. The van der Waals surface area contributed by atoms with Gasteiger partial charge in [-0.15, -0.1) is 0 Å². The molecule has 0 spiro atoms. The first-order chi connectivity index (χ1) is 21.7. The number of rotatable bonds is 12. The summed E-state index contributed by atoms with van der Waals surface area (Å²) in [4.78, 5) is 74.6. The summed E-state index contributed by atoms with van der Waals surface area (Å²) in [5, 5.41) is 9.75. The molecule has 2 saturated heterocycles. The summed E-state index contributed by atoms with van der Waals surface area (Å²) in [7, 11) is 1.56. The molecular weight excluding hydrogens is 574 g/mol. The van der Waals surface area contributed by atoms with Crippen molar-refractivity contribution in [1.29, 1.82) is 0 Å². The number of hydrogen-bond donors (Lipinski definition) is 3. The average Bonchev–Trinajstić information content (AvgIpc) is 3.41. The quantitative estimate of drug-likeness (QED) is 0.311. The Morgan fingerprint density at radius 2 is 1.71 bits per heavy atom. The second kappa shape index (κ2) is 15.9. The van der Waals surface area contributed by atoms with E-state index in [-0.39, 0.29) is 29.9 Å². The lowest BCUT2D eigenvalue weighted by Gasteiger charge is -2.39. The molecule has 2 aliphatic rings. The minimum atomic E-state index is -1.01. The van der Waals surface area contributed by atoms with E-state index in [1.54, 1.807) is 22.9 Å². The predicted octanol–water partition coefficient (Wildman–Crippen LogP) is 3.07. The molecule has 2 aromatic rings. The van der Waals surface area contributed by atoms with Crippen molar-refractivity contribution in [2.24, 2.45) is 5.92 Å². The molecule has 0 saturated carbocycles. The number of ketones is 1. The molecule has 4 rings (SSSR count). The van der Waals surface area contributed by atoms with Crippen LogP contribution < -0.4 is 20.8 Å². The highest BCUT2D eigenvalue weighted by atomic mass is 16.6. The zero-order valence-corrected chi connectivity index (χ0v) is 27.1. The molecule has 3 N–H and O–H groups in total. The Hall–Kier alpha value is -3.89. The molecule has 4 amide bonds. The van der Waals surface area contributed by atoms with E-state index in [9.17, 15) is 24.0 Å². The van der Waals surface area contributed by atoms with E-state index in [0.717, 1.165) is 42.1 Å². The van der Waals surface area contributed by atoms with Crippen molar-refractivity contribution in [2.75, 3.05) is 13.7 Å². The standard InChI is InChI=1S/C34H49N5O6/c1-5-22(3)30-33(43)36-27(20-23-21-39(45-4)28-17-11-10-15-25(23)28)31(41)35-26(16-9-7-8-14-24(40)6-2)34(44)38-19-13-12-18-29(38)32(42)37-30/h10-11,15,17,21-22,26-27,29-30H,5-9,12-14,16,18-20H2,1-4H3,(H,35,41)(H,36,43)(H,37,42)/t22-,26-,27-,29+,30-/m0/s1. The average molecular weight is 624 g/mol. The second-order valence-corrected chi connectivity index (χ2v) is 12.4. The van der Waals surface area contributed by atoms with Gasteiger partial charge < -0.3 is 25.7 Å². The third-order valence-electron chi connectivity index (χ3n) is 9.35. The van der Waals surface area contributed by atoms with Crippen molar-refractivity contribution in [3.05, 3.63) is 36.0 Å². The molecule has 0 unspecified atom stereocenters. The van der Waals surface area contributed by atoms with Gasteiger partial charge in [0.25, 0.3) is 0 Å². The van der Waals surface area contributed by atoms with Gasteiger partial charge in [0.05, 0.1) is 5.52 Å². The molecule has 2 fully saturated rings. The van der Waals surface area contributed by atoms with Crippen LogP contribution in [0.1, 0.15) is 90.5 Å². The van der Waals surface area contributed by atoms with Crippen LogP contribution in [0.25, 0.3) is 10.9 Å². The Balaban J connectivity index is 1.67. The van der Waals surface area contributed by atoms with Crippen LogP contribution in [0.5, 0.6) is 0 Å². The smallest absolute Gasteiger partial charge is 0.245 e. The lowest BCUT2D eigenvalue weighted by atomic mass is 9.94. The van der Waals surface area contributed by atoms with Gasteiger partial charge in [0, 0.05) is 37.4 Å². The summed E-state index contributed by atoms with van der Waals surface area (Å²) in [5.41, 5.74) is 1.62. The van der Waals surface area contributed by atoms with Crippen molar-refractivity contribution >= 4 is 40.3 Å². The normalized spacial score (nSPS) is 23.7. The number of amides is 4. The summed E-state index contributed by atoms with van der Waals surface area (Å²) < 4.78 is 1.62. The van der Waals surface area contributed by atoms with E-state index in [0.29, 0.717) is 45.1 Å². The molecule has 0 radical (unpaired) electrons. The molecule has 2 aliphatic heterocycles. The SMILES string of the molecule is CCC(=O)CCCCC[C@@H]1NC(=O)[C@H](Cc2cn(OC)c3ccccc23)NC(=O)[C@H]([C@@H](C)CC)NC(=O)[C@H]2CCCCN2C1=O. The molecule has 0 aliphatic carbocycles. The molecule has 5 atom stereocenters. The van der Waals surface area contributed by atoms with Gasteiger partial charge in [-0.05, 0) is 49.7 Å². The van der Waals surface area contributed by atoms with Crippen molar-refractivity contribution in [1.82, 2.24) is 25.6 Å². The van der Waals surface area contributed by atoms with Gasteiger partial charge in [-0.3, -0.25) is 24.0 Å². The van der Waals surface area contributed by atoms with Crippen LogP contribution in [0.4, 0.5) is 0 Å². The van der Waals surface area contributed by atoms with Crippen LogP contribution in [0.3, 0.4) is 0 Å². The number of unbranched alkanes of at least 4 members (excludes halogenated alkanes) is 2. The molecule has 1 aromatic heterocycles. The number of hydrogen-bond acceptors (Lipinski definition) is 6. The lowest BCUT2D eigenvalue weighted by Crippen LogP contribution is -2.64. The van der Waals surface area contributed by atoms with Crippen LogP contribution >= 0.6 is 0 Å². The minimum Gasteiger partial charge on any atom is -0.417 e. The summed E-state index contributed by atoms with van der Waals surface area (Å²) in [5.74, 6) is -1.51. The zero-order chi connectivity index (χ0) is 32.5. The first-order valence-electron chi connectivity index (χ1n) is 16.5. The van der Waals surface area contributed by atoms with Gasteiger partial charge in [-0.2, -0.15) is 4.73 Å². The number of aromatic nitrogens is 1. The highest BCUT2D eigenvalue weighted by Gasteiger charge is 2.40. The number of carbonyl (C=O) groups excluding carboxylic acids is 5. The topological polar surface area (TPSA) is 139 Å². The molecule has 0 bridgehead atoms. The third kappa shape index (κ3) is 8.23. The summed E-state index contributed by atoms with van der Waals surface area (Å²) in [6.07, 6.45) is 8.10. The van der Waals surface area contributed by atoms with E-state index in [1.165, 1.54) is 0 Å². The minimum absolute atomic E-state index is 0.155. The van der Waals surface area contributed by atoms with E-state index in [2.05, 4.69) is 16.0 Å². The van der Waals surface area contributed by atoms with E-state index in [4.69, 9.17) is 4.84 Å². The number of benzene rings is 1. The maximum Gasteiger partial charge on any atom is 0.245 e. The summed E-state index contributed by atoms with van der Waals surface area (Å²) in [6.45, 7) is 6.10. The fraction of sp³-hybridized carbons (Fsp3) is 0.618.